The Kier molecular flexibility index (Phi) is 3.94. The van der Waals surface area contributed by atoms with Crippen molar-refractivity contribution in [2.75, 3.05) is 5.32 Å². The molecule has 0 atom stereocenters. The van der Waals surface area contributed by atoms with Crippen LogP contribution in [0, 0.1) is 6.92 Å². The van der Waals surface area contributed by atoms with E-state index < -0.39 is 0 Å². The number of rotatable bonds is 2. The Bertz CT molecular complexity index is 643. The van der Waals surface area contributed by atoms with Crippen LogP contribution >= 0.6 is 15.9 Å². The van der Waals surface area contributed by atoms with Crippen LogP contribution in [0.3, 0.4) is 0 Å². The summed E-state index contributed by atoms with van der Waals surface area (Å²) in [4.78, 5) is 16.4. The van der Waals surface area contributed by atoms with Crippen LogP contribution in [0.1, 0.15) is 42.8 Å². The summed E-state index contributed by atoms with van der Waals surface area (Å²) in [5.41, 5.74) is 1.55. The molecule has 20 heavy (non-hydrogen) atoms. The van der Waals surface area contributed by atoms with Crippen LogP contribution in [0.15, 0.2) is 22.7 Å². The van der Waals surface area contributed by atoms with Gasteiger partial charge in [0.15, 0.2) is 0 Å². The molecule has 0 fully saturated rings. The summed E-state index contributed by atoms with van der Waals surface area (Å²) in [6.07, 6.45) is 0. The van der Waals surface area contributed by atoms with E-state index in [1.807, 2.05) is 45.9 Å². The number of nitrogens with zero attached hydrogens (tertiary/aromatic N) is 2. The van der Waals surface area contributed by atoms with Crippen LogP contribution in [-0.2, 0) is 5.41 Å². The topological polar surface area (TPSA) is 70.7 Å². The van der Waals surface area contributed by atoms with Crippen molar-refractivity contribution in [2.45, 2.75) is 33.1 Å². The van der Waals surface area contributed by atoms with E-state index >= 15 is 0 Å². The lowest BCUT2D eigenvalue weighted by Crippen LogP contribution is -2.16. The van der Waals surface area contributed by atoms with Crippen molar-refractivity contribution in [1.82, 2.24) is 15.2 Å². The lowest BCUT2D eigenvalue weighted by molar-refractivity contribution is 0.101. The van der Waals surface area contributed by atoms with Crippen LogP contribution in [0.5, 0.6) is 0 Å². The summed E-state index contributed by atoms with van der Waals surface area (Å²) in [5, 5.41) is 9.59. The van der Waals surface area contributed by atoms with E-state index in [0.717, 1.165) is 15.7 Å². The zero-order valence-corrected chi connectivity index (χ0v) is 13.5. The van der Waals surface area contributed by atoms with Gasteiger partial charge in [-0.15, -0.1) is 5.10 Å². The normalized spacial score (nSPS) is 11.4. The molecule has 2 rings (SSSR count). The number of halogens is 1. The Balaban J connectivity index is 2.18. The third kappa shape index (κ3) is 3.25. The average molecular weight is 337 g/mol. The van der Waals surface area contributed by atoms with Gasteiger partial charge >= 0.3 is 0 Å². The van der Waals surface area contributed by atoms with Crippen molar-refractivity contribution < 1.29 is 4.79 Å². The number of amides is 1. The number of aromatic nitrogens is 3. The first-order chi connectivity index (χ1) is 9.27. The fraction of sp³-hybridized carbons (Fsp3) is 0.357. The highest BCUT2D eigenvalue weighted by atomic mass is 79.9. The second kappa shape index (κ2) is 5.36. The van der Waals surface area contributed by atoms with E-state index in [9.17, 15) is 4.79 Å². The van der Waals surface area contributed by atoms with E-state index in [1.54, 1.807) is 0 Å². The van der Waals surface area contributed by atoms with Crippen LogP contribution < -0.4 is 5.32 Å². The Labute approximate surface area is 126 Å². The molecule has 2 aromatic rings. The molecule has 1 amide bonds. The first kappa shape index (κ1) is 14.7. The number of H-pyrrole nitrogens is 1. The Morgan fingerprint density at radius 3 is 2.60 bits per heavy atom. The molecule has 1 heterocycles. The van der Waals surface area contributed by atoms with Crippen molar-refractivity contribution in [3.05, 3.63) is 39.9 Å². The van der Waals surface area contributed by atoms with Crippen molar-refractivity contribution in [1.29, 1.82) is 0 Å². The zero-order valence-electron chi connectivity index (χ0n) is 11.9. The predicted octanol–water partition coefficient (Wildman–Crippen LogP) is 3.43. The number of hydrogen-bond acceptors (Lipinski definition) is 3. The fourth-order valence-corrected chi connectivity index (χ4v) is 2.12. The summed E-state index contributed by atoms with van der Waals surface area (Å²) in [6, 6.07) is 5.66. The summed E-state index contributed by atoms with van der Waals surface area (Å²) in [6.45, 7) is 7.95. The molecule has 0 saturated heterocycles. The van der Waals surface area contributed by atoms with Crippen LogP contribution in [0.4, 0.5) is 5.69 Å². The SMILES string of the molecule is Cc1cc(Br)ccc1NC(=O)c1n[nH]c(C(C)(C)C)n1. The lowest BCUT2D eigenvalue weighted by Gasteiger charge is -2.12. The van der Waals surface area contributed by atoms with Crippen LogP contribution in [0.2, 0.25) is 0 Å². The number of carbonyl (C=O) groups is 1. The van der Waals surface area contributed by atoms with Gasteiger partial charge in [-0.25, -0.2) is 4.98 Å². The molecule has 106 valence electrons. The largest absolute Gasteiger partial charge is 0.319 e. The van der Waals surface area contributed by atoms with Crippen molar-refractivity contribution >= 4 is 27.5 Å². The van der Waals surface area contributed by atoms with Gasteiger partial charge in [-0.2, -0.15) is 0 Å². The molecule has 6 heteroatoms. The summed E-state index contributed by atoms with van der Waals surface area (Å²) < 4.78 is 0.973. The second-order valence-corrected chi connectivity index (χ2v) is 6.59. The summed E-state index contributed by atoms with van der Waals surface area (Å²) >= 11 is 3.39. The maximum Gasteiger partial charge on any atom is 0.295 e. The quantitative estimate of drug-likeness (QED) is 0.882. The van der Waals surface area contributed by atoms with E-state index in [0.29, 0.717) is 5.82 Å². The van der Waals surface area contributed by atoms with E-state index in [4.69, 9.17) is 0 Å². The molecule has 0 aliphatic heterocycles. The van der Waals surface area contributed by atoms with E-state index in [1.165, 1.54) is 0 Å². The molecule has 0 unspecified atom stereocenters. The van der Waals surface area contributed by atoms with Crippen LogP contribution in [0.25, 0.3) is 0 Å². The second-order valence-electron chi connectivity index (χ2n) is 5.67. The first-order valence-corrected chi connectivity index (χ1v) is 7.07. The van der Waals surface area contributed by atoms with Gasteiger partial charge in [-0.1, -0.05) is 36.7 Å². The van der Waals surface area contributed by atoms with Gasteiger partial charge in [0, 0.05) is 15.6 Å². The third-order valence-corrected chi connectivity index (χ3v) is 3.33. The monoisotopic (exact) mass is 336 g/mol. The molecule has 1 aromatic carbocycles. The molecule has 0 aliphatic carbocycles. The average Bonchev–Trinajstić information content (AvgIpc) is 2.82. The van der Waals surface area contributed by atoms with Crippen molar-refractivity contribution in [3.63, 3.8) is 0 Å². The third-order valence-electron chi connectivity index (χ3n) is 2.84. The van der Waals surface area contributed by atoms with Gasteiger partial charge in [0.25, 0.3) is 5.91 Å². The van der Waals surface area contributed by atoms with Crippen molar-refractivity contribution in [2.24, 2.45) is 0 Å². The maximum absolute atomic E-state index is 12.1. The standard InChI is InChI=1S/C14H17BrN4O/c1-8-7-9(15)5-6-10(8)16-12(20)11-17-13(19-18-11)14(2,3)4/h5-7H,1-4H3,(H,16,20)(H,17,18,19). The van der Waals surface area contributed by atoms with E-state index in [2.05, 4.69) is 36.4 Å². The molecule has 5 nitrogen and oxygen atoms in total. The van der Waals surface area contributed by atoms with Gasteiger partial charge in [-0.3, -0.25) is 9.89 Å². The molecule has 1 aromatic heterocycles. The van der Waals surface area contributed by atoms with Gasteiger partial charge in [-0.05, 0) is 30.7 Å². The van der Waals surface area contributed by atoms with Gasteiger partial charge in [0.05, 0.1) is 0 Å². The van der Waals surface area contributed by atoms with Crippen molar-refractivity contribution in [3.8, 4) is 0 Å². The van der Waals surface area contributed by atoms with Gasteiger partial charge in [0.2, 0.25) is 5.82 Å². The Morgan fingerprint density at radius 2 is 2.05 bits per heavy atom. The number of carbonyl (C=O) groups excluding carboxylic acids is 1. The maximum atomic E-state index is 12.1. The number of aryl methyl sites for hydroxylation is 1. The number of hydrogen-bond donors (Lipinski definition) is 2. The number of benzene rings is 1. The number of anilines is 1. The van der Waals surface area contributed by atoms with Crippen LogP contribution in [-0.4, -0.2) is 21.1 Å². The Hall–Kier alpha value is -1.69. The molecule has 2 N–H and O–H groups in total. The molecule has 0 saturated carbocycles. The van der Waals surface area contributed by atoms with E-state index in [-0.39, 0.29) is 17.1 Å². The minimum Gasteiger partial charge on any atom is -0.319 e. The predicted molar refractivity (Wildman–Crippen MR) is 81.9 cm³/mol. The molecule has 0 aliphatic rings. The minimum absolute atomic E-state index is 0.150. The Morgan fingerprint density at radius 1 is 1.35 bits per heavy atom. The number of nitrogens with one attached hydrogen (secondary N) is 2. The molecular weight excluding hydrogens is 320 g/mol. The molecule has 0 radical (unpaired) electrons. The minimum atomic E-state index is -0.317. The summed E-state index contributed by atoms with van der Waals surface area (Å²) in [5.74, 6) is 0.523. The zero-order chi connectivity index (χ0) is 14.9. The lowest BCUT2D eigenvalue weighted by atomic mass is 9.96. The molecule has 0 spiro atoms. The summed E-state index contributed by atoms with van der Waals surface area (Å²) in [7, 11) is 0. The highest BCUT2D eigenvalue weighted by Gasteiger charge is 2.21. The first-order valence-electron chi connectivity index (χ1n) is 6.28. The molecule has 0 bridgehead atoms. The number of aromatic amines is 1. The highest BCUT2D eigenvalue weighted by molar-refractivity contribution is 9.10. The fourth-order valence-electron chi connectivity index (χ4n) is 1.64. The van der Waals surface area contributed by atoms with Gasteiger partial charge in [0.1, 0.15) is 5.82 Å². The smallest absolute Gasteiger partial charge is 0.295 e. The molecular formula is C14H17BrN4O. The van der Waals surface area contributed by atoms with Gasteiger partial charge < -0.3 is 5.32 Å². The highest BCUT2D eigenvalue weighted by Crippen LogP contribution is 2.21.